The zero-order chi connectivity index (χ0) is 14.0. The molecule has 2 aromatic rings. The topological polar surface area (TPSA) is 116 Å². The Morgan fingerprint density at radius 1 is 1.53 bits per heavy atom. The molecule has 0 aliphatic rings. The predicted molar refractivity (Wildman–Crippen MR) is 67.5 cm³/mol. The molecular weight excluding hydrogens is 320 g/mol. The summed E-state index contributed by atoms with van der Waals surface area (Å²) in [5, 5.41) is 24.0. The molecule has 19 heavy (non-hydrogen) atoms. The lowest BCUT2D eigenvalue weighted by molar-refractivity contribution is -0.385. The average molecular weight is 327 g/mol. The molecule has 10 heteroatoms. The first-order valence-corrected chi connectivity index (χ1v) is 5.76. The highest BCUT2D eigenvalue weighted by atomic mass is 79.9. The Hall–Kier alpha value is -2.36. The number of nitro groups is 1. The Labute approximate surface area is 114 Å². The number of nitrogens with zero attached hydrogens (tertiary/aromatic N) is 5. The fraction of sp³-hybridized carbons (Fsp3) is 0.111. The van der Waals surface area contributed by atoms with Crippen LogP contribution in [0.25, 0.3) is 0 Å². The van der Waals surface area contributed by atoms with E-state index in [1.807, 2.05) is 0 Å². The van der Waals surface area contributed by atoms with Crippen molar-refractivity contribution in [2.24, 2.45) is 7.05 Å². The minimum atomic E-state index is -0.582. The van der Waals surface area contributed by atoms with Gasteiger partial charge in [-0.05, 0) is 33.3 Å². The first-order valence-electron chi connectivity index (χ1n) is 4.96. The van der Waals surface area contributed by atoms with Crippen LogP contribution in [0.15, 0.2) is 22.7 Å². The van der Waals surface area contributed by atoms with Gasteiger partial charge in [0.05, 0.1) is 16.4 Å². The Balaban J connectivity index is 2.24. The molecule has 0 bridgehead atoms. The number of aryl methyl sites for hydroxylation is 1. The molecule has 0 saturated carbocycles. The van der Waals surface area contributed by atoms with E-state index >= 15 is 0 Å². The Bertz CT molecular complexity index is 655. The van der Waals surface area contributed by atoms with Crippen molar-refractivity contribution in [1.82, 2.24) is 20.2 Å². The first-order chi connectivity index (χ1) is 8.97. The number of hydrogen-bond acceptors (Lipinski definition) is 6. The molecule has 0 saturated heterocycles. The number of anilines is 1. The van der Waals surface area contributed by atoms with Crippen LogP contribution in [0, 0.1) is 10.1 Å². The number of tetrazole rings is 1. The number of halogens is 1. The maximum Gasteiger partial charge on any atom is 0.284 e. The largest absolute Gasteiger partial charge is 0.288 e. The van der Waals surface area contributed by atoms with Gasteiger partial charge in [-0.25, -0.2) is 0 Å². The van der Waals surface area contributed by atoms with Crippen LogP contribution in [0.2, 0.25) is 0 Å². The van der Waals surface area contributed by atoms with Crippen LogP contribution >= 0.6 is 15.9 Å². The molecule has 0 aliphatic heterocycles. The SMILES string of the molecule is Cn1nnc(NC(=O)c2ccc(Br)c([N+](=O)[O-])c2)n1. The number of nitrogens with one attached hydrogen (secondary N) is 1. The summed E-state index contributed by atoms with van der Waals surface area (Å²) in [7, 11) is 1.55. The molecule has 9 nitrogen and oxygen atoms in total. The number of carbonyl (C=O) groups is 1. The fourth-order valence-electron chi connectivity index (χ4n) is 1.30. The summed E-state index contributed by atoms with van der Waals surface area (Å²) in [6.07, 6.45) is 0. The maximum absolute atomic E-state index is 11.8. The third-order valence-corrected chi connectivity index (χ3v) is 2.81. The summed E-state index contributed by atoms with van der Waals surface area (Å²) >= 11 is 3.04. The molecule has 0 unspecified atom stereocenters. The van der Waals surface area contributed by atoms with E-state index in [0.717, 1.165) is 6.07 Å². The smallest absolute Gasteiger partial charge is 0.284 e. The Kier molecular flexibility index (Phi) is 3.51. The van der Waals surface area contributed by atoms with E-state index in [1.54, 1.807) is 7.05 Å². The number of benzene rings is 1. The molecule has 0 spiro atoms. The van der Waals surface area contributed by atoms with Gasteiger partial charge in [0.15, 0.2) is 0 Å². The van der Waals surface area contributed by atoms with Gasteiger partial charge in [-0.2, -0.15) is 4.80 Å². The van der Waals surface area contributed by atoms with E-state index < -0.39 is 10.8 Å². The molecule has 1 aromatic carbocycles. The standard InChI is InChI=1S/C9H7BrN6O3/c1-15-13-9(12-14-15)11-8(17)5-2-3-6(10)7(4-5)16(18)19/h2-4H,1H3,(H,11,13,17). The highest BCUT2D eigenvalue weighted by Gasteiger charge is 2.17. The third kappa shape index (κ3) is 2.91. The molecular formula is C9H7BrN6O3. The highest BCUT2D eigenvalue weighted by molar-refractivity contribution is 9.10. The second kappa shape index (κ2) is 5.10. The van der Waals surface area contributed by atoms with Crippen molar-refractivity contribution in [3.63, 3.8) is 0 Å². The van der Waals surface area contributed by atoms with E-state index in [4.69, 9.17) is 0 Å². The van der Waals surface area contributed by atoms with Gasteiger partial charge >= 0.3 is 0 Å². The van der Waals surface area contributed by atoms with E-state index in [0.29, 0.717) is 4.47 Å². The van der Waals surface area contributed by atoms with Gasteiger partial charge in [0.1, 0.15) is 0 Å². The number of hydrogen-bond donors (Lipinski definition) is 1. The van der Waals surface area contributed by atoms with Crippen molar-refractivity contribution in [3.05, 3.63) is 38.3 Å². The molecule has 1 heterocycles. The summed E-state index contributed by atoms with van der Waals surface area (Å²) in [6, 6.07) is 4.04. The number of carbonyl (C=O) groups excluding carboxylic acids is 1. The van der Waals surface area contributed by atoms with Crippen LogP contribution in [0.5, 0.6) is 0 Å². The van der Waals surface area contributed by atoms with Gasteiger partial charge in [-0.1, -0.05) is 5.10 Å². The van der Waals surface area contributed by atoms with E-state index in [2.05, 4.69) is 36.7 Å². The molecule has 2 rings (SSSR count). The lowest BCUT2D eigenvalue weighted by Crippen LogP contribution is -2.13. The summed E-state index contributed by atoms with van der Waals surface area (Å²) in [6.45, 7) is 0. The zero-order valence-corrected chi connectivity index (χ0v) is 11.2. The lowest BCUT2D eigenvalue weighted by Gasteiger charge is -2.01. The first kappa shape index (κ1) is 13.1. The molecule has 0 fully saturated rings. The van der Waals surface area contributed by atoms with E-state index in [1.165, 1.54) is 16.9 Å². The van der Waals surface area contributed by atoms with Gasteiger partial charge < -0.3 is 0 Å². The monoisotopic (exact) mass is 326 g/mol. The summed E-state index contributed by atoms with van der Waals surface area (Å²) in [5.41, 5.74) is -0.0675. The van der Waals surface area contributed by atoms with Crippen molar-refractivity contribution in [3.8, 4) is 0 Å². The van der Waals surface area contributed by atoms with Crippen molar-refractivity contribution in [1.29, 1.82) is 0 Å². The van der Waals surface area contributed by atoms with Gasteiger partial charge in [-0.3, -0.25) is 20.2 Å². The van der Waals surface area contributed by atoms with Crippen LogP contribution in [0.3, 0.4) is 0 Å². The minimum Gasteiger partial charge on any atom is -0.288 e. The molecule has 98 valence electrons. The quantitative estimate of drug-likeness (QED) is 0.667. The second-order valence-corrected chi connectivity index (χ2v) is 4.33. The molecule has 0 atom stereocenters. The van der Waals surface area contributed by atoms with Gasteiger partial charge in [0.2, 0.25) is 0 Å². The van der Waals surface area contributed by atoms with E-state index in [-0.39, 0.29) is 17.2 Å². The summed E-state index contributed by atoms with van der Waals surface area (Å²) in [5.74, 6) is -0.526. The van der Waals surface area contributed by atoms with Crippen LogP contribution in [-0.4, -0.2) is 31.0 Å². The van der Waals surface area contributed by atoms with Gasteiger partial charge in [0.25, 0.3) is 17.5 Å². The van der Waals surface area contributed by atoms with Gasteiger partial charge in [-0.15, -0.1) is 5.10 Å². The molecule has 1 amide bonds. The third-order valence-electron chi connectivity index (χ3n) is 2.14. The summed E-state index contributed by atoms with van der Waals surface area (Å²) in [4.78, 5) is 23.2. The zero-order valence-electron chi connectivity index (χ0n) is 9.57. The van der Waals surface area contributed by atoms with E-state index in [9.17, 15) is 14.9 Å². The lowest BCUT2D eigenvalue weighted by atomic mass is 10.2. The number of rotatable bonds is 3. The van der Waals surface area contributed by atoms with Crippen molar-refractivity contribution in [2.75, 3.05) is 5.32 Å². The predicted octanol–water partition coefficient (Wildman–Crippen LogP) is 1.13. The number of nitro benzene ring substituents is 1. The Morgan fingerprint density at radius 3 is 2.84 bits per heavy atom. The number of aromatic nitrogens is 4. The Morgan fingerprint density at radius 2 is 2.26 bits per heavy atom. The van der Waals surface area contributed by atoms with Crippen LogP contribution < -0.4 is 5.32 Å². The maximum atomic E-state index is 11.8. The highest BCUT2D eigenvalue weighted by Crippen LogP contribution is 2.25. The minimum absolute atomic E-state index is 0.0260. The van der Waals surface area contributed by atoms with Crippen molar-refractivity contribution < 1.29 is 9.72 Å². The molecule has 1 N–H and O–H groups in total. The van der Waals surface area contributed by atoms with Crippen molar-refractivity contribution >= 4 is 33.5 Å². The second-order valence-electron chi connectivity index (χ2n) is 3.48. The molecule has 1 aromatic heterocycles. The average Bonchev–Trinajstić information content (AvgIpc) is 2.74. The van der Waals surface area contributed by atoms with Gasteiger partial charge in [0, 0.05) is 11.6 Å². The fourth-order valence-corrected chi connectivity index (χ4v) is 1.69. The van der Waals surface area contributed by atoms with Crippen LogP contribution in [-0.2, 0) is 7.05 Å². The van der Waals surface area contributed by atoms with Crippen molar-refractivity contribution in [2.45, 2.75) is 0 Å². The molecule has 0 radical (unpaired) electrons. The number of amides is 1. The summed E-state index contributed by atoms with van der Waals surface area (Å²) < 4.78 is 0.298. The van der Waals surface area contributed by atoms with Crippen LogP contribution in [0.1, 0.15) is 10.4 Å². The molecule has 0 aliphatic carbocycles. The van der Waals surface area contributed by atoms with Crippen LogP contribution in [0.4, 0.5) is 11.6 Å². The normalized spacial score (nSPS) is 10.2.